The lowest BCUT2D eigenvalue weighted by atomic mass is 10.0. The minimum absolute atomic E-state index is 0.132. The van der Waals surface area contributed by atoms with Gasteiger partial charge in [0.25, 0.3) is 5.69 Å². The molecule has 0 aliphatic heterocycles. The van der Waals surface area contributed by atoms with Gasteiger partial charge in [0.2, 0.25) is 0 Å². The lowest BCUT2D eigenvalue weighted by Crippen LogP contribution is -2.13. The zero-order valence-corrected chi connectivity index (χ0v) is 15.0. The van der Waals surface area contributed by atoms with Crippen LogP contribution < -0.4 is 0 Å². The average Bonchev–Trinajstić information content (AvgIpc) is 2.88. The SMILES string of the molecule is Cc1cc([N+](=O)[O-])c(C)cc1Cc1nc(CC(=O)OC(C)C)cs1. The molecule has 2 aromatic rings. The lowest BCUT2D eigenvalue weighted by molar-refractivity contribution is -0.385. The van der Waals surface area contributed by atoms with E-state index in [9.17, 15) is 14.9 Å². The lowest BCUT2D eigenvalue weighted by Gasteiger charge is -2.07. The normalized spacial score (nSPS) is 10.9. The van der Waals surface area contributed by atoms with Gasteiger partial charge in [-0.15, -0.1) is 11.3 Å². The summed E-state index contributed by atoms with van der Waals surface area (Å²) in [5.41, 5.74) is 3.33. The van der Waals surface area contributed by atoms with Crippen LogP contribution in [-0.2, 0) is 22.4 Å². The Hall–Kier alpha value is -2.28. The molecule has 0 saturated carbocycles. The quantitative estimate of drug-likeness (QED) is 0.451. The summed E-state index contributed by atoms with van der Waals surface area (Å²) in [6.45, 7) is 7.21. The fourth-order valence-electron chi connectivity index (χ4n) is 2.37. The number of esters is 1. The van der Waals surface area contributed by atoms with Crippen molar-refractivity contribution in [3.05, 3.63) is 55.0 Å². The van der Waals surface area contributed by atoms with Crippen LogP contribution in [0.3, 0.4) is 0 Å². The van der Waals surface area contributed by atoms with Crippen molar-refractivity contribution < 1.29 is 14.5 Å². The second-order valence-electron chi connectivity index (χ2n) is 5.95. The third kappa shape index (κ3) is 4.61. The molecule has 1 aromatic heterocycles. The Kier molecular flexibility index (Phi) is 5.66. The molecule has 128 valence electrons. The van der Waals surface area contributed by atoms with Gasteiger partial charge in [-0.25, -0.2) is 4.98 Å². The predicted molar refractivity (Wildman–Crippen MR) is 92.4 cm³/mol. The molecule has 7 heteroatoms. The Morgan fingerprint density at radius 2 is 2.04 bits per heavy atom. The van der Waals surface area contributed by atoms with Gasteiger partial charge in [-0.3, -0.25) is 14.9 Å². The number of ether oxygens (including phenoxy) is 1. The highest BCUT2D eigenvalue weighted by molar-refractivity contribution is 7.09. The van der Waals surface area contributed by atoms with Gasteiger partial charge in [0.05, 0.1) is 28.1 Å². The van der Waals surface area contributed by atoms with Gasteiger partial charge >= 0.3 is 5.97 Å². The molecule has 0 aliphatic carbocycles. The molecule has 0 unspecified atom stereocenters. The Morgan fingerprint density at radius 3 is 2.67 bits per heavy atom. The van der Waals surface area contributed by atoms with Crippen LogP contribution >= 0.6 is 11.3 Å². The Labute approximate surface area is 144 Å². The summed E-state index contributed by atoms with van der Waals surface area (Å²) in [5.74, 6) is -0.288. The molecule has 0 spiro atoms. The highest BCUT2D eigenvalue weighted by Gasteiger charge is 2.15. The van der Waals surface area contributed by atoms with E-state index in [1.165, 1.54) is 11.3 Å². The Bertz CT molecular complexity index is 768. The van der Waals surface area contributed by atoms with Crippen molar-refractivity contribution in [2.24, 2.45) is 0 Å². The minimum Gasteiger partial charge on any atom is -0.463 e. The van der Waals surface area contributed by atoms with E-state index in [4.69, 9.17) is 4.74 Å². The minimum atomic E-state index is -0.367. The number of aryl methyl sites for hydroxylation is 2. The molecular formula is C17H20N2O4S. The Balaban J connectivity index is 2.11. The van der Waals surface area contributed by atoms with Crippen molar-refractivity contribution >= 4 is 23.0 Å². The van der Waals surface area contributed by atoms with Gasteiger partial charge in [0.15, 0.2) is 0 Å². The molecule has 0 saturated heterocycles. The second kappa shape index (κ2) is 7.53. The first kappa shape index (κ1) is 18.1. The number of rotatable bonds is 6. The van der Waals surface area contributed by atoms with E-state index in [0.29, 0.717) is 17.7 Å². The first-order valence-electron chi connectivity index (χ1n) is 7.63. The standard InChI is InChI=1S/C17H20N2O4S/c1-10(2)23-17(20)8-14-9-24-16(18-14)7-13-5-12(4)15(19(21)22)6-11(13)3/h5-6,9-10H,7-8H2,1-4H3. The third-order valence-electron chi connectivity index (χ3n) is 3.48. The molecule has 2 rings (SSSR count). The number of hydrogen-bond acceptors (Lipinski definition) is 6. The van der Waals surface area contributed by atoms with Crippen LogP contribution in [0.15, 0.2) is 17.5 Å². The van der Waals surface area contributed by atoms with Crippen LogP contribution in [0.25, 0.3) is 0 Å². The summed E-state index contributed by atoms with van der Waals surface area (Å²) in [6.07, 6.45) is 0.614. The molecule has 0 fully saturated rings. The van der Waals surface area contributed by atoms with E-state index >= 15 is 0 Å². The van der Waals surface area contributed by atoms with E-state index in [2.05, 4.69) is 4.98 Å². The summed E-state index contributed by atoms with van der Waals surface area (Å²) in [7, 11) is 0. The van der Waals surface area contributed by atoms with E-state index < -0.39 is 0 Å². The average molecular weight is 348 g/mol. The van der Waals surface area contributed by atoms with Crippen molar-refractivity contribution in [1.82, 2.24) is 4.98 Å². The molecule has 0 N–H and O–H groups in total. The van der Waals surface area contributed by atoms with E-state index in [-0.39, 0.29) is 29.1 Å². The van der Waals surface area contributed by atoms with Crippen LogP contribution in [0.5, 0.6) is 0 Å². The topological polar surface area (TPSA) is 82.3 Å². The van der Waals surface area contributed by atoms with Crippen LogP contribution in [0.2, 0.25) is 0 Å². The van der Waals surface area contributed by atoms with E-state index in [0.717, 1.165) is 16.1 Å². The van der Waals surface area contributed by atoms with Crippen molar-refractivity contribution in [2.75, 3.05) is 0 Å². The van der Waals surface area contributed by atoms with E-state index in [1.807, 2.05) is 32.2 Å². The molecule has 0 bridgehead atoms. The maximum absolute atomic E-state index is 11.7. The molecular weight excluding hydrogens is 328 g/mol. The van der Waals surface area contributed by atoms with Crippen LogP contribution in [0.4, 0.5) is 5.69 Å². The highest BCUT2D eigenvalue weighted by Crippen LogP contribution is 2.25. The number of nitro groups is 1. The van der Waals surface area contributed by atoms with Crippen LogP contribution in [0, 0.1) is 24.0 Å². The van der Waals surface area contributed by atoms with Gasteiger partial charge < -0.3 is 4.74 Å². The fraction of sp³-hybridized carbons (Fsp3) is 0.412. The number of benzene rings is 1. The number of nitro benzene ring substituents is 1. The molecule has 6 nitrogen and oxygen atoms in total. The number of aromatic nitrogens is 1. The van der Waals surface area contributed by atoms with Gasteiger partial charge in [0.1, 0.15) is 0 Å². The maximum Gasteiger partial charge on any atom is 0.312 e. The number of carbonyl (C=O) groups excluding carboxylic acids is 1. The number of carbonyl (C=O) groups is 1. The molecule has 1 aromatic carbocycles. The van der Waals surface area contributed by atoms with Crippen molar-refractivity contribution in [2.45, 2.75) is 46.6 Å². The Morgan fingerprint density at radius 1 is 1.33 bits per heavy atom. The monoisotopic (exact) mass is 348 g/mol. The molecule has 0 amide bonds. The summed E-state index contributed by atoms with van der Waals surface area (Å²) in [5, 5.41) is 13.7. The van der Waals surface area contributed by atoms with Crippen LogP contribution in [-0.4, -0.2) is 22.0 Å². The van der Waals surface area contributed by atoms with E-state index in [1.54, 1.807) is 13.0 Å². The number of hydrogen-bond donors (Lipinski definition) is 0. The van der Waals surface area contributed by atoms with Crippen molar-refractivity contribution in [3.8, 4) is 0 Å². The van der Waals surface area contributed by atoms with Gasteiger partial charge in [-0.1, -0.05) is 0 Å². The van der Waals surface area contributed by atoms with Crippen LogP contribution in [0.1, 0.15) is 41.2 Å². The summed E-state index contributed by atoms with van der Waals surface area (Å²) < 4.78 is 5.11. The summed E-state index contributed by atoms with van der Waals surface area (Å²) >= 11 is 1.48. The zero-order chi connectivity index (χ0) is 17.9. The predicted octanol–water partition coefficient (Wildman–Crippen LogP) is 3.75. The first-order chi connectivity index (χ1) is 11.3. The molecule has 0 radical (unpaired) electrons. The van der Waals surface area contributed by atoms with Crippen molar-refractivity contribution in [3.63, 3.8) is 0 Å². The van der Waals surface area contributed by atoms with Gasteiger partial charge in [-0.05, 0) is 44.9 Å². The third-order valence-corrected chi connectivity index (χ3v) is 4.38. The smallest absolute Gasteiger partial charge is 0.312 e. The summed E-state index contributed by atoms with van der Waals surface area (Å²) in [6, 6.07) is 3.43. The molecule has 1 heterocycles. The second-order valence-corrected chi connectivity index (χ2v) is 6.89. The first-order valence-corrected chi connectivity index (χ1v) is 8.51. The fourth-order valence-corrected chi connectivity index (χ4v) is 3.19. The van der Waals surface area contributed by atoms with Crippen molar-refractivity contribution in [1.29, 1.82) is 0 Å². The summed E-state index contributed by atoms with van der Waals surface area (Å²) in [4.78, 5) is 26.7. The molecule has 0 atom stereocenters. The maximum atomic E-state index is 11.7. The van der Waals surface area contributed by atoms with Gasteiger partial charge in [0, 0.05) is 23.4 Å². The number of nitrogens with zero attached hydrogens (tertiary/aromatic N) is 2. The largest absolute Gasteiger partial charge is 0.463 e. The molecule has 24 heavy (non-hydrogen) atoms. The highest BCUT2D eigenvalue weighted by atomic mass is 32.1. The van der Waals surface area contributed by atoms with Gasteiger partial charge in [-0.2, -0.15) is 0 Å². The number of thiazole rings is 1. The zero-order valence-electron chi connectivity index (χ0n) is 14.2. The molecule has 0 aliphatic rings.